The number of carbonyl (C=O) groups excluding carboxylic acids is 3. The molecule has 4 amide bonds. The van der Waals surface area contributed by atoms with E-state index in [1.165, 1.54) is 6.07 Å². The number of aryl methyl sites for hydroxylation is 3. The van der Waals surface area contributed by atoms with Gasteiger partial charge in [0.1, 0.15) is 12.1 Å². The summed E-state index contributed by atoms with van der Waals surface area (Å²) in [5.74, 6) is -0.990. The molecule has 0 radical (unpaired) electrons. The van der Waals surface area contributed by atoms with Crippen molar-refractivity contribution in [3.63, 3.8) is 0 Å². The Balaban J connectivity index is 1.80. The molecule has 152 valence electrons. The molecule has 1 heterocycles. The summed E-state index contributed by atoms with van der Waals surface area (Å²) in [4.78, 5) is 38.9. The van der Waals surface area contributed by atoms with E-state index in [0.717, 1.165) is 21.6 Å². The van der Waals surface area contributed by atoms with Crippen LogP contribution in [0.15, 0.2) is 30.3 Å². The number of carbonyl (C=O) groups is 3. The highest BCUT2D eigenvalue weighted by atomic mass is 35.5. The van der Waals surface area contributed by atoms with E-state index in [1.54, 1.807) is 19.1 Å². The fourth-order valence-electron chi connectivity index (χ4n) is 3.54. The van der Waals surface area contributed by atoms with Crippen molar-refractivity contribution in [2.24, 2.45) is 0 Å². The second-order valence-electron chi connectivity index (χ2n) is 7.40. The molecule has 1 atom stereocenters. The van der Waals surface area contributed by atoms with Crippen molar-refractivity contribution in [1.82, 2.24) is 10.2 Å². The number of urea groups is 1. The first-order valence-electron chi connectivity index (χ1n) is 9.00. The van der Waals surface area contributed by atoms with Crippen LogP contribution in [0, 0.1) is 20.8 Å². The van der Waals surface area contributed by atoms with Crippen LogP contribution in [-0.4, -0.2) is 29.3 Å². The monoisotopic (exact) mass is 433 g/mol. The summed E-state index contributed by atoms with van der Waals surface area (Å²) in [5.41, 5.74) is 2.74. The minimum Gasteiger partial charge on any atom is -0.324 e. The van der Waals surface area contributed by atoms with Crippen molar-refractivity contribution in [3.05, 3.63) is 62.6 Å². The second-order valence-corrected chi connectivity index (χ2v) is 8.21. The van der Waals surface area contributed by atoms with E-state index in [9.17, 15) is 14.4 Å². The third kappa shape index (κ3) is 3.95. The summed E-state index contributed by atoms with van der Waals surface area (Å²) in [5, 5.41) is 6.07. The van der Waals surface area contributed by atoms with Crippen LogP contribution in [0.4, 0.5) is 10.5 Å². The number of halogens is 2. The minimum absolute atomic E-state index is 0.272. The van der Waals surface area contributed by atoms with Crippen molar-refractivity contribution < 1.29 is 14.4 Å². The van der Waals surface area contributed by atoms with Crippen molar-refractivity contribution >= 4 is 46.7 Å². The first-order chi connectivity index (χ1) is 13.5. The van der Waals surface area contributed by atoms with Crippen LogP contribution in [0.2, 0.25) is 10.0 Å². The van der Waals surface area contributed by atoms with Gasteiger partial charge in [-0.15, -0.1) is 0 Å². The van der Waals surface area contributed by atoms with Crippen LogP contribution < -0.4 is 10.6 Å². The van der Waals surface area contributed by atoms with Gasteiger partial charge in [0.2, 0.25) is 5.91 Å². The van der Waals surface area contributed by atoms with E-state index in [2.05, 4.69) is 10.6 Å². The van der Waals surface area contributed by atoms with E-state index in [-0.39, 0.29) is 5.02 Å². The highest BCUT2D eigenvalue weighted by molar-refractivity contribution is 6.42. The van der Waals surface area contributed by atoms with Gasteiger partial charge in [0.05, 0.1) is 10.0 Å². The zero-order valence-corrected chi connectivity index (χ0v) is 18.0. The molecule has 1 unspecified atom stereocenters. The molecule has 1 aliphatic rings. The first kappa shape index (κ1) is 21.1. The first-order valence-corrected chi connectivity index (χ1v) is 9.76. The number of rotatable bonds is 4. The van der Waals surface area contributed by atoms with E-state index >= 15 is 0 Å². The summed E-state index contributed by atoms with van der Waals surface area (Å²) in [6.45, 7) is 6.94. The van der Waals surface area contributed by atoms with E-state index < -0.39 is 29.9 Å². The highest BCUT2D eigenvalue weighted by Gasteiger charge is 2.49. The standard InChI is InChI=1S/C21H21Cl2N3O3/c1-11-7-12(2)18(13(3)8-11)24-17(27)10-26-19(28)21(4,25-20(26)29)14-5-6-15(22)16(23)9-14/h5-9H,10H2,1-4H3,(H,24,27)(H,25,29). The van der Waals surface area contributed by atoms with E-state index in [0.29, 0.717) is 16.3 Å². The lowest BCUT2D eigenvalue weighted by molar-refractivity contribution is -0.133. The number of nitrogens with zero attached hydrogens (tertiary/aromatic N) is 1. The topological polar surface area (TPSA) is 78.5 Å². The van der Waals surface area contributed by atoms with Gasteiger partial charge in [-0.05, 0) is 56.5 Å². The van der Waals surface area contributed by atoms with Gasteiger partial charge in [0.25, 0.3) is 5.91 Å². The van der Waals surface area contributed by atoms with Crippen molar-refractivity contribution in [2.75, 3.05) is 11.9 Å². The summed E-state index contributed by atoms with van der Waals surface area (Å²) < 4.78 is 0. The SMILES string of the molecule is Cc1cc(C)c(NC(=O)CN2C(=O)NC(C)(c3ccc(Cl)c(Cl)c3)C2=O)c(C)c1. The van der Waals surface area contributed by atoms with Crippen LogP contribution in [0.5, 0.6) is 0 Å². The largest absolute Gasteiger partial charge is 0.325 e. The molecule has 2 aromatic carbocycles. The maximum absolute atomic E-state index is 13.0. The lowest BCUT2D eigenvalue weighted by Crippen LogP contribution is -2.42. The minimum atomic E-state index is -1.33. The van der Waals surface area contributed by atoms with Crippen LogP contribution in [-0.2, 0) is 15.1 Å². The molecule has 29 heavy (non-hydrogen) atoms. The number of hydrogen-bond acceptors (Lipinski definition) is 3. The smallest absolute Gasteiger partial charge is 0.324 e. The number of benzene rings is 2. The maximum Gasteiger partial charge on any atom is 0.325 e. The Bertz CT molecular complexity index is 1010. The second kappa shape index (κ2) is 7.69. The predicted molar refractivity (Wildman–Crippen MR) is 113 cm³/mol. The molecular formula is C21H21Cl2N3O3. The van der Waals surface area contributed by atoms with Crippen molar-refractivity contribution in [1.29, 1.82) is 0 Å². The van der Waals surface area contributed by atoms with E-state index in [4.69, 9.17) is 23.2 Å². The van der Waals surface area contributed by atoms with Gasteiger partial charge < -0.3 is 10.6 Å². The number of imide groups is 1. The molecule has 1 saturated heterocycles. The summed E-state index contributed by atoms with van der Waals surface area (Å²) >= 11 is 12.0. The zero-order chi connectivity index (χ0) is 21.5. The zero-order valence-electron chi connectivity index (χ0n) is 16.5. The predicted octanol–water partition coefficient (Wildman–Crippen LogP) is 4.32. The number of nitrogens with one attached hydrogen (secondary N) is 2. The molecule has 1 fully saturated rings. The number of amides is 4. The van der Waals surface area contributed by atoms with Crippen molar-refractivity contribution in [2.45, 2.75) is 33.2 Å². The summed E-state index contributed by atoms with van der Waals surface area (Å²) in [6.07, 6.45) is 0. The molecule has 2 aromatic rings. The van der Waals surface area contributed by atoms with Crippen molar-refractivity contribution in [3.8, 4) is 0 Å². The van der Waals surface area contributed by atoms with Gasteiger partial charge >= 0.3 is 6.03 Å². The molecule has 0 spiro atoms. The maximum atomic E-state index is 13.0. The number of hydrogen-bond donors (Lipinski definition) is 2. The molecule has 0 saturated carbocycles. The Morgan fingerprint density at radius 1 is 1.07 bits per heavy atom. The van der Waals surface area contributed by atoms with Gasteiger partial charge in [-0.25, -0.2) is 4.79 Å². The Labute approximate surface area is 179 Å². The molecular weight excluding hydrogens is 413 g/mol. The fourth-order valence-corrected chi connectivity index (χ4v) is 3.84. The van der Waals surface area contributed by atoms with Crippen LogP contribution in [0.3, 0.4) is 0 Å². The lowest BCUT2D eigenvalue weighted by atomic mass is 9.92. The third-order valence-corrected chi connectivity index (χ3v) is 5.75. The Kier molecular flexibility index (Phi) is 5.61. The molecule has 0 aromatic heterocycles. The molecule has 8 heteroatoms. The van der Waals surface area contributed by atoms with Crippen LogP contribution >= 0.6 is 23.2 Å². The van der Waals surface area contributed by atoms with Crippen LogP contribution in [0.1, 0.15) is 29.2 Å². The Morgan fingerprint density at radius 2 is 1.69 bits per heavy atom. The van der Waals surface area contributed by atoms with Gasteiger partial charge in [0, 0.05) is 5.69 Å². The molecule has 1 aliphatic heterocycles. The number of anilines is 1. The Morgan fingerprint density at radius 3 is 2.28 bits per heavy atom. The van der Waals surface area contributed by atoms with Gasteiger partial charge in [-0.3, -0.25) is 14.5 Å². The lowest BCUT2D eigenvalue weighted by Gasteiger charge is -2.22. The quantitative estimate of drug-likeness (QED) is 0.704. The van der Waals surface area contributed by atoms with E-state index in [1.807, 2.05) is 32.9 Å². The summed E-state index contributed by atoms with van der Waals surface area (Å²) in [7, 11) is 0. The average Bonchev–Trinajstić information content (AvgIpc) is 2.84. The Hall–Kier alpha value is -2.57. The average molecular weight is 434 g/mol. The molecule has 0 bridgehead atoms. The molecule has 0 aliphatic carbocycles. The normalized spacial score (nSPS) is 18.8. The fraction of sp³-hybridized carbons (Fsp3) is 0.286. The van der Waals surface area contributed by atoms with Gasteiger partial charge in [0.15, 0.2) is 0 Å². The molecule has 2 N–H and O–H groups in total. The van der Waals surface area contributed by atoms with Gasteiger partial charge in [-0.2, -0.15) is 0 Å². The summed E-state index contributed by atoms with van der Waals surface area (Å²) in [6, 6.07) is 7.98. The molecule has 3 rings (SSSR count). The van der Waals surface area contributed by atoms with Gasteiger partial charge in [-0.1, -0.05) is 47.0 Å². The highest BCUT2D eigenvalue weighted by Crippen LogP contribution is 2.33. The third-order valence-electron chi connectivity index (χ3n) is 5.02. The van der Waals surface area contributed by atoms with Crippen LogP contribution in [0.25, 0.3) is 0 Å². The molecule has 6 nitrogen and oxygen atoms in total.